The van der Waals surface area contributed by atoms with Crippen LogP contribution in [-0.4, -0.2) is 38.8 Å². The first kappa shape index (κ1) is 19.9. The number of anilines is 1. The van der Waals surface area contributed by atoms with E-state index in [1.165, 1.54) is 0 Å². The van der Waals surface area contributed by atoms with Gasteiger partial charge >= 0.3 is 0 Å². The lowest BCUT2D eigenvalue weighted by atomic mass is 9.91. The second-order valence-corrected chi connectivity index (χ2v) is 7.53. The lowest BCUT2D eigenvalue weighted by Crippen LogP contribution is -2.48. The van der Waals surface area contributed by atoms with Crippen molar-refractivity contribution in [2.45, 2.75) is 39.2 Å². The van der Waals surface area contributed by atoms with Gasteiger partial charge in [0.2, 0.25) is 5.65 Å². The molecule has 1 fully saturated rings. The zero-order chi connectivity index (χ0) is 19.6. The molecule has 3 heterocycles. The van der Waals surface area contributed by atoms with Crippen molar-refractivity contribution < 1.29 is 0 Å². The van der Waals surface area contributed by atoms with Crippen LogP contribution in [0.2, 0.25) is 10.0 Å². The Balaban J connectivity index is 0.00000102. The highest BCUT2D eigenvalue weighted by atomic mass is 35.5. The van der Waals surface area contributed by atoms with Crippen LogP contribution in [0.1, 0.15) is 33.6 Å². The SMILES string of the molecule is CC.CC1(N)CCN(c2cnc3c(-c4cccc(Cl)c4Cl)[nH]nc3n2)CC1. The average molecular weight is 407 g/mol. The molecule has 3 N–H and O–H groups in total. The number of nitrogens with one attached hydrogen (secondary N) is 1. The Hall–Kier alpha value is -1.89. The molecule has 0 atom stereocenters. The number of H-pyrrole nitrogens is 1. The number of nitrogens with zero attached hydrogens (tertiary/aromatic N) is 4. The Morgan fingerprint density at radius 2 is 1.89 bits per heavy atom. The number of piperidine rings is 1. The van der Waals surface area contributed by atoms with Crippen LogP contribution < -0.4 is 10.6 Å². The molecule has 0 amide bonds. The molecule has 0 saturated carbocycles. The van der Waals surface area contributed by atoms with Crippen LogP contribution in [-0.2, 0) is 0 Å². The topological polar surface area (TPSA) is 83.7 Å². The van der Waals surface area contributed by atoms with Gasteiger partial charge in [0.05, 0.1) is 21.9 Å². The first-order valence-electron chi connectivity index (χ1n) is 9.14. The Morgan fingerprint density at radius 1 is 1.19 bits per heavy atom. The summed E-state index contributed by atoms with van der Waals surface area (Å²) in [4.78, 5) is 11.4. The summed E-state index contributed by atoms with van der Waals surface area (Å²) in [6.07, 6.45) is 3.63. The van der Waals surface area contributed by atoms with Crippen molar-refractivity contribution in [2.75, 3.05) is 18.0 Å². The summed E-state index contributed by atoms with van der Waals surface area (Å²) in [7, 11) is 0. The van der Waals surface area contributed by atoms with Crippen molar-refractivity contribution in [1.29, 1.82) is 0 Å². The van der Waals surface area contributed by atoms with E-state index in [-0.39, 0.29) is 5.54 Å². The fourth-order valence-electron chi connectivity index (χ4n) is 3.07. The van der Waals surface area contributed by atoms with Crippen molar-refractivity contribution >= 4 is 40.2 Å². The summed E-state index contributed by atoms with van der Waals surface area (Å²) in [6.45, 7) is 7.82. The molecule has 0 bridgehead atoms. The van der Waals surface area contributed by atoms with Gasteiger partial charge in [0.1, 0.15) is 11.3 Å². The van der Waals surface area contributed by atoms with Gasteiger partial charge in [-0.2, -0.15) is 5.10 Å². The molecule has 2 aromatic heterocycles. The van der Waals surface area contributed by atoms with E-state index in [1.54, 1.807) is 12.3 Å². The van der Waals surface area contributed by atoms with Crippen LogP contribution in [0, 0.1) is 0 Å². The monoisotopic (exact) mass is 406 g/mol. The van der Waals surface area contributed by atoms with Gasteiger partial charge in [0.15, 0.2) is 0 Å². The van der Waals surface area contributed by atoms with E-state index in [2.05, 4.69) is 32.0 Å². The average Bonchev–Trinajstić information content (AvgIpc) is 3.08. The molecule has 8 heteroatoms. The van der Waals surface area contributed by atoms with E-state index in [4.69, 9.17) is 28.9 Å². The standard InChI is InChI=1S/C17H18Cl2N6.C2H6/c1-17(20)5-7-25(8-6-17)12-9-21-15-14(23-24-16(15)22-12)10-3-2-4-11(18)13(10)19;1-2/h2-4,9H,5-8,20H2,1H3,(H,22,23,24);1-2H3. The Kier molecular flexibility index (Phi) is 5.89. The predicted octanol–water partition coefficient (Wildman–Crippen LogP) is 4.67. The third-order valence-corrected chi connectivity index (χ3v) is 5.52. The summed E-state index contributed by atoms with van der Waals surface area (Å²) in [5.41, 5.74) is 8.81. The van der Waals surface area contributed by atoms with Gasteiger partial charge in [-0.15, -0.1) is 0 Å². The molecule has 0 unspecified atom stereocenters. The van der Waals surface area contributed by atoms with Crippen LogP contribution in [0.5, 0.6) is 0 Å². The van der Waals surface area contributed by atoms with Crippen LogP contribution in [0.25, 0.3) is 22.4 Å². The van der Waals surface area contributed by atoms with Crippen LogP contribution in [0.3, 0.4) is 0 Å². The highest BCUT2D eigenvalue weighted by Crippen LogP contribution is 2.35. The molecule has 0 spiro atoms. The summed E-state index contributed by atoms with van der Waals surface area (Å²) in [5, 5.41) is 8.24. The highest BCUT2D eigenvalue weighted by Gasteiger charge is 2.27. The van der Waals surface area contributed by atoms with Gasteiger partial charge in [0, 0.05) is 24.2 Å². The van der Waals surface area contributed by atoms with Gasteiger partial charge in [-0.3, -0.25) is 5.10 Å². The number of aromatic amines is 1. The van der Waals surface area contributed by atoms with Gasteiger partial charge < -0.3 is 10.6 Å². The maximum Gasteiger partial charge on any atom is 0.202 e. The van der Waals surface area contributed by atoms with Crippen molar-refractivity contribution in [3.63, 3.8) is 0 Å². The predicted molar refractivity (Wildman–Crippen MR) is 113 cm³/mol. The second kappa shape index (κ2) is 8.00. The maximum atomic E-state index is 6.32. The normalized spacial score (nSPS) is 16.1. The number of benzene rings is 1. The molecule has 1 aliphatic rings. The molecular weight excluding hydrogens is 383 g/mol. The minimum Gasteiger partial charge on any atom is -0.355 e. The molecule has 0 radical (unpaired) electrons. The van der Waals surface area contributed by atoms with E-state index in [9.17, 15) is 0 Å². The number of aromatic nitrogens is 4. The molecule has 27 heavy (non-hydrogen) atoms. The minimum atomic E-state index is -0.100. The van der Waals surface area contributed by atoms with Gasteiger partial charge in [-0.25, -0.2) is 9.97 Å². The summed E-state index contributed by atoms with van der Waals surface area (Å²) in [5.74, 6) is 0.818. The first-order valence-corrected chi connectivity index (χ1v) is 9.89. The molecule has 0 aliphatic carbocycles. The molecule has 6 nitrogen and oxygen atoms in total. The van der Waals surface area contributed by atoms with Crippen LogP contribution in [0.4, 0.5) is 5.82 Å². The zero-order valence-corrected chi connectivity index (χ0v) is 17.3. The molecule has 3 aromatic rings. The molecule has 1 aliphatic heterocycles. The van der Waals surface area contributed by atoms with E-state index >= 15 is 0 Å². The van der Waals surface area contributed by atoms with Crippen molar-refractivity contribution in [2.24, 2.45) is 5.73 Å². The summed E-state index contributed by atoms with van der Waals surface area (Å²) >= 11 is 12.4. The number of hydrogen-bond donors (Lipinski definition) is 2. The molecular formula is C19H24Cl2N6. The van der Waals surface area contributed by atoms with E-state index in [0.717, 1.165) is 43.0 Å². The summed E-state index contributed by atoms with van der Waals surface area (Å²) < 4.78 is 0. The van der Waals surface area contributed by atoms with E-state index in [0.29, 0.717) is 21.2 Å². The lowest BCUT2D eigenvalue weighted by Gasteiger charge is -2.37. The fraction of sp³-hybridized carbons (Fsp3) is 0.421. The third kappa shape index (κ3) is 4.03. The third-order valence-electron chi connectivity index (χ3n) is 4.70. The van der Waals surface area contributed by atoms with E-state index in [1.807, 2.05) is 26.0 Å². The Bertz CT molecular complexity index is 927. The molecule has 1 saturated heterocycles. The Morgan fingerprint density at radius 3 is 2.59 bits per heavy atom. The zero-order valence-electron chi connectivity index (χ0n) is 15.8. The van der Waals surface area contributed by atoms with Gasteiger partial charge in [-0.05, 0) is 25.8 Å². The minimum absolute atomic E-state index is 0.100. The van der Waals surface area contributed by atoms with Gasteiger partial charge in [0.25, 0.3) is 0 Å². The van der Waals surface area contributed by atoms with Crippen molar-refractivity contribution in [1.82, 2.24) is 20.2 Å². The molecule has 1 aromatic carbocycles. The number of halogens is 2. The second-order valence-electron chi connectivity index (χ2n) is 6.74. The lowest BCUT2D eigenvalue weighted by molar-refractivity contribution is 0.363. The van der Waals surface area contributed by atoms with Crippen LogP contribution >= 0.6 is 23.2 Å². The largest absolute Gasteiger partial charge is 0.355 e. The number of rotatable bonds is 2. The number of fused-ring (bicyclic) bond motifs is 1. The highest BCUT2D eigenvalue weighted by molar-refractivity contribution is 6.43. The van der Waals surface area contributed by atoms with E-state index < -0.39 is 0 Å². The van der Waals surface area contributed by atoms with Crippen molar-refractivity contribution in [3.05, 3.63) is 34.4 Å². The first-order chi connectivity index (χ1) is 12.9. The number of hydrogen-bond acceptors (Lipinski definition) is 5. The van der Waals surface area contributed by atoms with Crippen molar-refractivity contribution in [3.8, 4) is 11.3 Å². The van der Waals surface area contributed by atoms with Gasteiger partial charge in [-0.1, -0.05) is 49.2 Å². The molecule has 4 rings (SSSR count). The fourth-order valence-corrected chi connectivity index (χ4v) is 3.47. The maximum absolute atomic E-state index is 6.32. The smallest absolute Gasteiger partial charge is 0.202 e. The Labute approximate surface area is 169 Å². The number of nitrogens with two attached hydrogens (primary N) is 1. The summed E-state index contributed by atoms with van der Waals surface area (Å²) in [6, 6.07) is 5.47. The quantitative estimate of drug-likeness (QED) is 0.645. The van der Waals surface area contributed by atoms with Crippen LogP contribution in [0.15, 0.2) is 24.4 Å². The molecule has 144 valence electrons.